The van der Waals surface area contributed by atoms with Crippen LogP contribution in [0.5, 0.6) is 0 Å². The molecule has 0 spiro atoms. The molecule has 0 aliphatic rings. The average Bonchev–Trinajstić information content (AvgIpc) is 1.84. The van der Waals surface area contributed by atoms with Crippen molar-refractivity contribution in [3.05, 3.63) is 11.3 Å². The summed E-state index contributed by atoms with van der Waals surface area (Å²) in [6.07, 6.45) is 0. The first kappa shape index (κ1) is 8.21. The van der Waals surface area contributed by atoms with E-state index in [2.05, 4.69) is 0 Å². The van der Waals surface area contributed by atoms with Crippen molar-refractivity contribution in [1.82, 2.24) is 0 Å². The molecule has 2 heteroatoms. The van der Waals surface area contributed by atoms with Gasteiger partial charge in [0.15, 0.2) is 5.78 Å². The Hall–Kier alpha value is -0.790. The van der Waals surface area contributed by atoms with Crippen LogP contribution in [0, 0.1) is 0 Å². The predicted octanol–water partition coefficient (Wildman–Crippen LogP) is 1.52. The van der Waals surface area contributed by atoms with E-state index in [9.17, 15) is 4.79 Å². The van der Waals surface area contributed by atoms with Gasteiger partial charge in [0.2, 0.25) is 0 Å². The van der Waals surface area contributed by atoms with Crippen LogP contribution < -0.4 is 0 Å². The molecule has 0 heterocycles. The molecule has 0 amide bonds. The third kappa shape index (κ3) is 2.31. The number of carbonyl (C=O) groups is 1. The molecule has 0 aliphatic carbocycles. The lowest BCUT2D eigenvalue weighted by Gasteiger charge is -2.00. The number of methoxy groups -OCH3 is 1. The van der Waals surface area contributed by atoms with Crippen molar-refractivity contribution in [2.45, 2.75) is 20.8 Å². The number of ketones is 1. The Bertz CT molecular complexity index is 145. The predicted molar refractivity (Wildman–Crippen MR) is 36.1 cm³/mol. The van der Waals surface area contributed by atoms with Crippen molar-refractivity contribution in [2.75, 3.05) is 7.11 Å². The summed E-state index contributed by atoms with van der Waals surface area (Å²) < 4.78 is 4.83. The van der Waals surface area contributed by atoms with Crippen molar-refractivity contribution < 1.29 is 9.53 Å². The largest absolute Gasteiger partial charge is 0.501 e. The van der Waals surface area contributed by atoms with E-state index >= 15 is 0 Å². The molecule has 0 unspecified atom stereocenters. The normalized spacial score (nSPS) is 12.4. The summed E-state index contributed by atoms with van der Waals surface area (Å²) in [5.74, 6) is 0.761. The number of rotatable bonds is 2. The van der Waals surface area contributed by atoms with E-state index < -0.39 is 0 Å². The second kappa shape index (κ2) is 3.28. The number of allylic oxidation sites excluding steroid dienone is 2. The SMILES string of the molecule is CO/C(C)=C(\C)C(C)=O. The van der Waals surface area contributed by atoms with Gasteiger partial charge in [0.25, 0.3) is 0 Å². The third-order valence-electron chi connectivity index (χ3n) is 1.36. The van der Waals surface area contributed by atoms with Crippen LogP contribution in [0.2, 0.25) is 0 Å². The lowest BCUT2D eigenvalue weighted by atomic mass is 10.2. The minimum absolute atomic E-state index is 0.0642. The van der Waals surface area contributed by atoms with Crippen molar-refractivity contribution in [3.63, 3.8) is 0 Å². The minimum Gasteiger partial charge on any atom is -0.501 e. The van der Waals surface area contributed by atoms with E-state index in [-0.39, 0.29) is 5.78 Å². The van der Waals surface area contributed by atoms with Gasteiger partial charge < -0.3 is 4.74 Å². The standard InChI is InChI=1S/C7H12O2/c1-5(6(2)8)7(3)9-4/h1-4H3/b7-5+. The monoisotopic (exact) mass is 128 g/mol. The Kier molecular flexibility index (Phi) is 2.99. The van der Waals surface area contributed by atoms with Gasteiger partial charge in [-0.25, -0.2) is 0 Å². The highest BCUT2D eigenvalue weighted by molar-refractivity contribution is 5.92. The summed E-state index contributed by atoms with van der Waals surface area (Å²) in [6.45, 7) is 5.05. The lowest BCUT2D eigenvalue weighted by molar-refractivity contribution is -0.113. The van der Waals surface area contributed by atoms with E-state index in [0.717, 1.165) is 0 Å². The second-order valence-corrected chi connectivity index (χ2v) is 1.94. The molecular weight excluding hydrogens is 116 g/mol. The minimum atomic E-state index is 0.0642. The number of hydrogen-bond acceptors (Lipinski definition) is 2. The Morgan fingerprint density at radius 3 is 1.78 bits per heavy atom. The number of Topliss-reactive ketones (excluding diaryl/α,β-unsaturated/α-hetero) is 1. The van der Waals surface area contributed by atoms with Crippen molar-refractivity contribution in [2.24, 2.45) is 0 Å². The van der Waals surface area contributed by atoms with Crippen molar-refractivity contribution in [1.29, 1.82) is 0 Å². The molecule has 0 aromatic heterocycles. The maximum absolute atomic E-state index is 10.6. The molecule has 2 nitrogen and oxygen atoms in total. The van der Waals surface area contributed by atoms with E-state index in [4.69, 9.17) is 4.74 Å². The van der Waals surface area contributed by atoms with Crippen molar-refractivity contribution in [3.8, 4) is 0 Å². The maximum Gasteiger partial charge on any atom is 0.158 e. The molecule has 0 saturated carbocycles. The van der Waals surface area contributed by atoms with E-state index in [1.807, 2.05) is 0 Å². The number of carbonyl (C=O) groups excluding carboxylic acids is 1. The summed E-state index contributed by atoms with van der Waals surface area (Å²) in [5.41, 5.74) is 0.692. The molecule has 0 atom stereocenters. The summed E-state index contributed by atoms with van der Waals surface area (Å²) in [5, 5.41) is 0. The Labute approximate surface area is 55.5 Å². The molecule has 0 radical (unpaired) electrons. The Morgan fingerprint density at radius 2 is 1.67 bits per heavy atom. The van der Waals surface area contributed by atoms with Crippen molar-refractivity contribution >= 4 is 5.78 Å². The van der Waals surface area contributed by atoms with Crippen LogP contribution in [0.15, 0.2) is 11.3 Å². The highest BCUT2D eigenvalue weighted by Crippen LogP contribution is 2.03. The van der Waals surface area contributed by atoms with Gasteiger partial charge in [-0.3, -0.25) is 4.79 Å². The maximum atomic E-state index is 10.6. The fourth-order valence-electron chi connectivity index (χ4n) is 0.401. The molecule has 0 bridgehead atoms. The van der Waals surface area contributed by atoms with Crippen LogP contribution in [0.3, 0.4) is 0 Å². The van der Waals surface area contributed by atoms with Gasteiger partial charge in [-0.15, -0.1) is 0 Å². The average molecular weight is 128 g/mol. The summed E-state index contributed by atoms with van der Waals surface area (Å²) in [7, 11) is 1.56. The molecular formula is C7H12O2. The summed E-state index contributed by atoms with van der Waals surface area (Å²) >= 11 is 0. The van der Waals surface area contributed by atoms with Crippen LogP contribution in [0.25, 0.3) is 0 Å². The first-order valence-electron chi connectivity index (χ1n) is 2.82. The molecule has 0 aromatic carbocycles. The molecule has 52 valence electrons. The van der Waals surface area contributed by atoms with Gasteiger partial charge >= 0.3 is 0 Å². The van der Waals surface area contributed by atoms with Gasteiger partial charge in [-0.1, -0.05) is 0 Å². The molecule has 0 aromatic rings. The Balaban J connectivity index is 4.28. The first-order valence-corrected chi connectivity index (χ1v) is 2.82. The molecule has 0 rings (SSSR count). The van der Waals surface area contributed by atoms with Gasteiger partial charge in [0, 0.05) is 5.57 Å². The topological polar surface area (TPSA) is 26.3 Å². The smallest absolute Gasteiger partial charge is 0.158 e. The summed E-state index contributed by atoms with van der Waals surface area (Å²) in [6, 6.07) is 0. The van der Waals surface area contributed by atoms with E-state index in [0.29, 0.717) is 11.3 Å². The quantitative estimate of drug-likeness (QED) is 0.416. The van der Waals surface area contributed by atoms with Crippen LogP contribution in [-0.4, -0.2) is 12.9 Å². The van der Waals surface area contributed by atoms with E-state index in [1.165, 1.54) is 6.92 Å². The van der Waals surface area contributed by atoms with Gasteiger partial charge in [-0.2, -0.15) is 0 Å². The molecule has 0 fully saturated rings. The van der Waals surface area contributed by atoms with E-state index in [1.54, 1.807) is 21.0 Å². The van der Waals surface area contributed by atoms with Crippen LogP contribution >= 0.6 is 0 Å². The van der Waals surface area contributed by atoms with Gasteiger partial charge in [0.1, 0.15) is 0 Å². The fraction of sp³-hybridized carbons (Fsp3) is 0.571. The highest BCUT2D eigenvalue weighted by atomic mass is 16.5. The molecule has 9 heavy (non-hydrogen) atoms. The molecule has 0 aliphatic heterocycles. The highest BCUT2D eigenvalue weighted by Gasteiger charge is 1.99. The zero-order chi connectivity index (χ0) is 7.44. The lowest BCUT2D eigenvalue weighted by Crippen LogP contribution is -1.96. The third-order valence-corrected chi connectivity index (χ3v) is 1.36. The van der Waals surface area contributed by atoms with Gasteiger partial charge in [-0.05, 0) is 20.8 Å². The van der Waals surface area contributed by atoms with Crippen LogP contribution in [-0.2, 0) is 9.53 Å². The zero-order valence-corrected chi connectivity index (χ0v) is 6.32. The fourth-order valence-corrected chi connectivity index (χ4v) is 0.401. The molecule has 0 N–H and O–H groups in total. The molecule has 0 saturated heterocycles. The summed E-state index contributed by atoms with van der Waals surface area (Å²) in [4.78, 5) is 10.6. The van der Waals surface area contributed by atoms with Crippen LogP contribution in [0.4, 0.5) is 0 Å². The number of hydrogen-bond donors (Lipinski definition) is 0. The first-order chi connectivity index (χ1) is 4.09. The zero-order valence-electron chi connectivity index (χ0n) is 6.32. The second-order valence-electron chi connectivity index (χ2n) is 1.94. The Morgan fingerprint density at radius 1 is 1.22 bits per heavy atom. The van der Waals surface area contributed by atoms with Gasteiger partial charge in [0.05, 0.1) is 12.9 Å². The van der Waals surface area contributed by atoms with Crippen LogP contribution in [0.1, 0.15) is 20.8 Å². The number of ether oxygens (including phenoxy) is 1.